The number of nitrogens with zero attached hydrogens (tertiary/aromatic N) is 4. The van der Waals surface area contributed by atoms with Gasteiger partial charge in [-0.3, -0.25) is 4.79 Å². The molecule has 0 saturated heterocycles. The quantitative estimate of drug-likeness (QED) is 0.250. The maximum absolute atomic E-state index is 15.2. The molecule has 8 nitrogen and oxygen atoms in total. The van der Waals surface area contributed by atoms with Gasteiger partial charge in [0.25, 0.3) is 0 Å². The van der Waals surface area contributed by atoms with Crippen molar-refractivity contribution in [2.75, 3.05) is 44.2 Å². The molecule has 0 amide bonds. The van der Waals surface area contributed by atoms with E-state index in [2.05, 4.69) is 4.99 Å². The van der Waals surface area contributed by atoms with E-state index in [9.17, 15) is 18.0 Å². The number of hydrogen-bond donors (Lipinski definition) is 0. The summed E-state index contributed by atoms with van der Waals surface area (Å²) in [5, 5.41) is 0. The summed E-state index contributed by atoms with van der Waals surface area (Å²) in [5.74, 6) is -0.342. The smallest absolute Gasteiger partial charge is 0.416 e. The van der Waals surface area contributed by atoms with Crippen molar-refractivity contribution in [1.82, 2.24) is 4.90 Å². The Bertz CT molecular complexity index is 1540. The van der Waals surface area contributed by atoms with E-state index >= 15 is 4.39 Å². The van der Waals surface area contributed by atoms with E-state index < -0.39 is 29.6 Å². The van der Waals surface area contributed by atoms with Gasteiger partial charge in [0, 0.05) is 42.8 Å². The summed E-state index contributed by atoms with van der Waals surface area (Å²) in [6.45, 7) is 0.793. The normalized spacial score (nSPS) is 16.6. The monoisotopic (exact) mass is 584 g/mol. The lowest BCUT2D eigenvalue weighted by Gasteiger charge is -2.43. The van der Waals surface area contributed by atoms with E-state index in [4.69, 9.17) is 14.2 Å². The van der Waals surface area contributed by atoms with Crippen LogP contribution in [0.4, 0.5) is 34.6 Å². The van der Waals surface area contributed by atoms with Crippen molar-refractivity contribution in [2.24, 2.45) is 4.99 Å². The molecule has 0 aliphatic carbocycles. The summed E-state index contributed by atoms with van der Waals surface area (Å²) in [5.41, 5.74) is 0.276. The van der Waals surface area contributed by atoms with Crippen molar-refractivity contribution >= 4 is 29.0 Å². The van der Waals surface area contributed by atoms with Gasteiger partial charge in [0.15, 0.2) is 0 Å². The number of aliphatic imine (C=N–C) groups is 1. The topological polar surface area (TPSA) is 66.8 Å². The molecule has 42 heavy (non-hydrogen) atoms. The third kappa shape index (κ3) is 5.56. The number of ether oxygens (including phenoxy) is 3. The van der Waals surface area contributed by atoms with Gasteiger partial charge in [-0.15, -0.1) is 0 Å². The highest BCUT2D eigenvalue weighted by atomic mass is 19.4. The van der Waals surface area contributed by atoms with Crippen LogP contribution in [0, 0.1) is 5.82 Å². The zero-order valence-corrected chi connectivity index (χ0v) is 23.1. The Morgan fingerprint density at radius 3 is 2.36 bits per heavy atom. The first kappa shape index (κ1) is 28.8. The number of benzene rings is 3. The molecule has 2 aliphatic rings. The number of anilines is 2. The Hall–Kier alpha value is -4.74. The second kappa shape index (κ2) is 11.6. The fourth-order valence-corrected chi connectivity index (χ4v) is 5.02. The lowest BCUT2D eigenvalue weighted by atomic mass is 9.96. The number of rotatable bonds is 6. The van der Waals surface area contributed by atoms with Crippen LogP contribution in [0.5, 0.6) is 11.5 Å². The molecule has 0 N–H and O–H groups in total. The molecule has 2 heterocycles. The number of alkyl halides is 3. The lowest BCUT2D eigenvalue weighted by molar-refractivity contribution is -0.141. The van der Waals surface area contributed by atoms with Crippen LogP contribution < -0.4 is 19.3 Å². The van der Waals surface area contributed by atoms with Crippen molar-refractivity contribution in [3.05, 3.63) is 90.0 Å². The molecule has 1 unspecified atom stereocenters. The predicted molar refractivity (Wildman–Crippen MR) is 150 cm³/mol. The third-order valence-corrected chi connectivity index (χ3v) is 7.12. The maximum atomic E-state index is 15.2. The molecule has 3 aromatic rings. The van der Waals surface area contributed by atoms with Crippen LogP contribution in [0.2, 0.25) is 0 Å². The first-order chi connectivity index (χ1) is 20.1. The van der Waals surface area contributed by atoms with Crippen molar-refractivity contribution in [1.29, 1.82) is 0 Å². The number of hydrogen-bond acceptors (Lipinski definition) is 8. The Balaban J connectivity index is 1.66. The minimum Gasteiger partial charge on any atom is -0.497 e. The summed E-state index contributed by atoms with van der Waals surface area (Å²) >= 11 is 0. The molecule has 1 atom stereocenters. The zero-order chi connectivity index (χ0) is 30.0. The Morgan fingerprint density at radius 1 is 0.952 bits per heavy atom. The van der Waals surface area contributed by atoms with E-state index in [1.165, 1.54) is 37.3 Å². The largest absolute Gasteiger partial charge is 0.497 e. The second-order valence-corrected chi connectivity index (χ2v) is 9.53. The van der Waals surface area contributed by atoms with Crippen molar-refractivity contribution in [2.45, 2.75) is 18.6 Å². The van der Waals surface area contributed by atoms with Gasteiger partial charge in [0.05, 0.1) is 45.0 Å². The zero-order valence-electron chi connectivity index (χ0n) is 23.1. The van der Waals surface area contributed by atoms with E-state index in [1.54, 1.807) is 30.5 Å². The minimum absolute atomic E-state index is 0.00720. The highest BCUT2D eigenvalue weighted by molar-refractivity contribution is 6.03. The molecule has 0 bridgehead atoms. The number of fused-ring (bicyclic) bond motifs is 1. The number of carbonyl (C=O) groups is 1. The van der Waals surface area contributed by atoms with E-state index in [-0.39, 0.29) is 29.5 Å². The third-order valence-electron chi connectivity index (χ3n) is 7.12. The molecule has 0 saturated carbocycles. The second-order valence-electron chi connectivity index (χ2n) is 9.53. The Morgan fingerprint density at radius 2 is 1.69 bits per heavy atom. The maximum Gasteiger partial charge on any atom is 0.416 e. The molecule has 2 aliphatic heterocycles. The van der Waals surface area contributed by atoms with Gasteiger partial charge in [-0.25, -0.2) is 9.38 Å². The van der Waals surface area contributed by atoms with Gasteiger partial charge in [-0.2, -0.15) is 13.2 Å². The molecule has 12 heteroatoms. The molecular weight excluding hydrogens is 556 g/mol. The fourth-order valence-electron chi connectivity index (χ4n) is 5.02. The molecule has 220 valence electrons. The number of guanidine groups is 1. The van der Waals surface area contributed by atoms with Crippen molar-refractivity contribution in [3.63, 3.8) is 0 Å². The van der Waals surface area contributed by atoms with E-state index in [1.807, 2.05) is 29.2 Å². The number of para-hydroxylation sites is 1. The molecule has 0 aromatic heterocycles. The SMILES string of the molecule is COC(=O)CC1c2cccc(F)c2N=C(N2C=CN(c3cccc(OC)c3)CC2)N1c1cc(C(F)(F)F)ccc1OC. The van der Waals surface area contributed by atoms with Crippen LogP contribution in [0.3, 0.4) is 0 Å². The number of methoxy groups -OCH3 is 3. The first-order valence-electron chi connectivity index (χ1n) is 13.0. The fraction of sp³-hybridized carbons (Fsp3) is 0.267. The molecule has 0 fully saturated rings. The summed E-state index contributed by atoms with van der Waals surface area (Å²) < 4.78 is 72.6. The van der Waals surface area contributed by atoms with Gasteiger partial charge in [0.2, 0.25) is 5.96 Å². The molecular formula is C30H28F4N4O4. The molecule has 0 spiro atoms. The molecule has 3 aromatic carbocycles. The van der Waals surface area contributed by atoms with Gasteiger partial charge in [-0.05, 0) is 36.4 Å². The van der Waals surface area contributed by atoms with Crippen LogP contribution in [0.25, 0.3) is 0 Å². The number of esters is 1. The van der Waals surface area contributed by atoms with Gasteiger partial charge in [-0.1, -0.05) is 18.2 Å². The Labute approximate surface area is 240 Å². The highest BCUT2D eigenvalue weighted by Gasteiger charge is 2.40. The molecule has 5 rings (SSSR count). The Kier molecular flexibility index (Phi) is 7.97. The summed E-state index contributed by atoms with van der Waals surface area (Å²) in [6.07, 6.45) is -1.46. The van der Waals surface area contributed by atoms with Crippen LogP contribution in [0.15, 0.2) is 78.1 Å². The first-order valence-corrected chi connectivity index (χ1v) is 13.0. The van der Waals surface area contributed by atoms with Crippen molar-refractivity contribution in [3.8, 4) is 11.5 Å². The van der Waals surface area contributed by atoms with Gasteiger partial charge < -0.3 is 28.9 Å². The number of halogens is 4. The standard InChI is InChI=1S/C30H28F4N4O4/c1-40-21-7-4-6-20(17-21)36-12-14-37(15-13-36)29-35-28-22(8-5-9-23(28)31)24(18-27(39)42-3)38(29)25-16-19(30(32,33)34)10-11-26(25)41-2/h4-12,14,16-17,24H,13,15,18H2,1-3H3. The predicted octanol–water partition coefficient (Wildman–Crippen LogP) is 6.27. The van der Waals surface area contributed by atoms with Crippen LogP contribution in [-0.4, -0.2) is 51.2 Å². The summed E-state index contributed by atoms with van der Waals surface area (Å²) in [4.78, 5) is 22.4. The summed E-state index contributed by atoms with van der Waals surface area (Å²) in [6, 6.07) is 13.9. The summed E-state index contributed by atoms with van der Waals surface area (Å²) in [7, 11) is 4.12. The van der Waals surface area contributed by atoms with Gasteiger partial charge in [0.1, 0.15) is 23.0 Å². The van der Waals surface area contributed by atoms with Crippen molar-refractivity contribution < 1.29 is 36.6 Å². The minimum atomic E-state index is -4.65. The molecule has 0 radical (unpaired) electrons. The number of carbonyl (C=O) groups excluding carboxylic acids is 1. The lowest BCUT2D eigenvalue weighted by Crippen LogP contribution is -2.50. The average Bonchev–Trinajstić information content (AvgIpc) is 3.00. The van der Waals surface area contributed by atoms with E-state index in [0.29, 0.717) is 24.4 Å². The average molecular weight is 585 g/mol. The van der Waals surface area contributed by atoms with Crippen LogP contribution in [-0.2, 0) is 15.7 Å². The van der Waals surface area contributed by atoms with Gasteiger partial charge >= 0.3 is 12.1 Å². The van der Waals surface area contributed by atoms with Crippen LogP contribution in [0.1, 0.15) is 23.6 Å². The highest BCUT2D eigenvalue weighted by Crippen LogP contribution is 2.46. The van der Waals surface area contributed by atoms with E-state index in [0.717, 1.165) is 17.8 Å². The van der Waals surface area contributed by atoms with Crippen LogP contribution >= 0.6 is 0 Å².